The molecule has 1 aliphatic carbocycles. The number of nitrogens with zero attached hydrogens (tertiary/aromatic N) is 4. The van der Waals surface area contributed by atoms with E-state index in [9.17, 15) is 10.1 Å². The molecule has 1 aliphatic rings. The lowest BCUT2D eigenvalue weighted by Gasteiger charge is -2.09. The normalized spacial score (nSPS) is 14.5. The van der Waals surface area contributed by atoms with Gasteiger partial charge in [-0.05, 0) is 50.3 Å². The Labute approximate surface area is 178 Å². The number of aromatic nitrogens is 3. The first-order chi connectivity index (χ1) is 14.2. The van der Waals surface area contributed by atoms with Gasteiger partial charge >= 0.3 is 0 Å². The number of amides is 1. The lowest BCUT2D eigenvalue weighted by molar-refractivity contribution is -0.115. The van der Waals surface area contributed by atoms with E-state index in [1.807, 2.05) is 37.3 Å². The predicted octanol–water partition coefficient (Wildman–Crippen LogP) is 4.59. The second-order valence-electron chi connectivity index (χ2n) is 6.94. The lowest BCUT2D eigenvalue weighted by Crippen LogP contribution is -2.22. The SMILES string of the molecule is CC(Sc1ncn(-c2ccccc2)n1)C(=O)Nc1sc2c(c1C#N)CCCCC2. The number of thioether (sulfide) groups is 1. The Morgan fingerprint density at radius 2 is 2.07 bits per heavy atom. The van der Waals surface area contributed by atoms with Gasteiger partial charge in [-0.3, -0.25) is 4.79 Å². The smallest absolute Gasteiger partial charge is 0.238 e. The van der Waals surface area contributed by atoms with Crippen molar-refractivity contribution >= 4 is 34.0 Å². The molecule has 0 saturated carbocycles. The highest BCUT2D eigenvalue weighted by Gasteiger charge is 2.23. The van der Waals surface area contributed by atoms with Gasteiger partial charge in [0.1, 0.15) is 17.4 Å². The number of benzene rings is 1. The zero-order valence-electron chi connectivity index (χ0n) is 16.1. The van der Waals surface area contributed by atoms with E-state index < -0.39 is 0 Å². The van der Waals surface area contributed by atoms with Crippen LogP contribution in [0.15, 0.2) is 41.8 Å². The van der Waals surface area contributed by atoms with Crippen molar-refractivity contribution in [1.82, 2.24) is 14.8 Å². The summed E-state index contributed by atoms with van der Waals surface area (Å²) in [6.45, 7) is 1.83. The van der Waals surface area contributed by atoms with E-state index in [1.54, 1.807) is 22.3 Å². The minimum atomic E-state index is -0.380. The molecular weight excluding hydrogens is 402 g/mol. The van der Waals surface area contributed by atoms with Crippen LogP contribution in [0.1, 0.15) is 42.2 Å². The maximum absolute atomic E-state index is 12.7. The van der Waals surface area contributed by atoms with E-state index >= 15 is 0 Å². The molecule has 3 aromatic rings. The molecule has 1 N–H and O–H groups in total. The number of rotatable bonds is 5. The minimum Gasteiger partial charge on any atom is -0.316 e. The quantitative estimate of drug-likeness (QED) is 0.479. The third-order valence-corrected chi connectivity index (χ3v) is 7.09. The van der Waals surface area contributed by atoms with Crippen LogP contribution in [0, 0.1) is 11.3 Å². The summed E-state index contributed by atoms with van der Waals surface area (Å²) in [7, 11) is 0. The highest BCUT2D eigenvalue weighted by molar-refractivity contribution is 8.00. The van der Waals surface area contributed by atoms with Crippen molar-refractivity contribution in [3.63, 3.8) is 0 Å². The van der Waals surface area contributed by atoms with E-state index in [1.165, 1.54) is 23.1 Å². The number of nitrogens with one attached hydrogen (secondary N) is 1. The number of aryl methyl sites for hydroxylation is 1. The monoisotopic (exact) mass is 423 g/mol. The van der Waals surface area contributed by atoms with Gasteiger partial charge in [-0.15, -0.1) is 16.4 Å². The van der Waals surface area contributed by atoms with Gasteiger partial charge in [0.05, 0.1) is 16.5 Å². The van der Waals surface area contributed by atoms with Crippen LogP contribution >= 0.6 is 23.1 Å². The van der Waals surface area contributed by atoms with E-state index in [2.05, 4.69) is 21.5 Å². The molecule has 148 valence electrons. The molecule has 0 spiro atoms. The molecule has 1 aromatic carbocycles. The third kappa shape index (κ3) is 4.36. The Morgan fingerprint density at radius 3 is 2.86 bits per heavy atom. The highest BCUT2D eigenvalue weighted by Crippen LogP contribution is 2.37. The summed E-state index contributed by atoms with van der Waals surface area (Å²) >= 11 is 2.86. The van der Waals surface area contributed by atoms with Crippen molar-refractivity contribution in [3.8, 4) is 11.8 Å². The number of para-hydroxylation sites is 1. The number of anilines is 1. The highest BCUT2D eigenvalue weighted by atomic mass is 32.2. The van der Waals surface area contributed by atoms with E-state index in [0.29, 0.717) is 15.7 Å². The summed E-state index contributed by atoms with van der Waals surface area (Å²) in [5.41, 5.74) is 2.69. The molecular formula is C21H21N5OS2. The van der Waals surface area contributed by atoms with Gasteiger partial charge in [-0.1, -0.05) is 36.4 Å². The van der Waals surface area contributed by atoms with Crippen LogP contribution in [0.25, 0.3) is 5.69 Å². The Balaban J connectivity index is 1.44. The predicted molar refractivity (Wildman–Crippen MR) is 116 cm³/mol. The molecule has 8 heteroatoms. The summed E-state index contributed by atoms with van der Waals surface area (Å²) in [5.74, 6) is -0.140. The lowest BCUT2D eigenvalue weighted by atomic mass is 10.1. The van der Waals surface area contributed by atoms with Crippen LogP contribution < -0.4 is 5.32 Å². The number of hydrogen-bond donors (Lipinski definition) is 1. The summed E-state index contributed by atoms with van der Waals surface area (Å²) < 4.78 is 1.69. The number of carbonyl (C=O) groups excluding carboxylic acids is 1. The van der Waals surface area contributed by atoms with Gasteiger partial charge in [0.2, 0.25) is 11.1 Å². The molecule has 0 radical (unpaired) electrons. The van der Waals surface area contributed by atoms with Crippen LogP contribution in [0.4, 0.5) is 5.00 Å². The molecule has 0 bridgehead atoms. The largest absolute Gasteiger partial charge is 0.316 e. The van der Waals surface area contributed by atoms with Gasteiger partial charge in [0.25, 0.3) is 0 Å². The number of thiophene rings is 1. The van der Waals surface area contributed by atoms with Gasteiger partial charge in [0, 0.05) is 4.88 Å². The summed E-state index contributed by atoms with van der Waals surface area (Å²) in [5, 5.41) is 17.9. The van der Waals surface area contributed by atoms with Gasteiger partial charge in [-0.2, -0.15) is 5.26 Å². The average molecular weight is 424 g/mol. The van der Waals surface area contributed by atoms with Crippen molar-refractivity contribution in [2.24, 2.45) is 0 Å². The van der Waals surface area contributed by atoms with Crippen molar-refractivity contribution in [2.45, 2.75) is 49.4 Å². The van der Waals surface area contributed by atoms with Gasteiger partial charge in [-0.25, -0.2) is 9.67 Å². The topological polar surface area (TPSA) is 83.6 Å². The molecule has 0 saturated heterocycles. The van der Waals surface area contributed by atoms with Crippen molar-refractivity contribution in [2.75, 3.05) is 5.32 Å². The number of carbonyl (C=O) groups is 1. The Hall–Kier alpha value is -2.63. The molecule has 1 unspecified atom stereocenters. The first kappa shape index (κ1) is 19.7. The van der Waals surface area contributed by atoms with Crippen LogP contribution in [-0.4, -0.2) is 25.9 Å². The fourth-order valence-corrected chi connectivity index (χ4v) is 5.35. The second kappa shape index (κ2) is 8.80. The molecule has 2 aromatic heterocycles. The Morgan fingerprint density at radius 1 is 1.28 bits per heavy atom. The van der Waals surface area contributed by atoms with Gasteiger partial charge < -0.3 is 5.32 Å². The Bertz CT molecular complexity index is 1050. The zero-order chi connectivity index (χ0) is 20.2. The summed E-state index contributed by atoms with van der Waals surface area (Å²) in [4.78, 5) is 18.3. The van der Waals surface area contributed by atoms with Crippen LogP contribution in [0.2, 0.25) is 0 Å². The maximum atomic E-state index is 12.7. The molecule has 0 fully saturated rings. The molecule has 4 rings (SSSR count). The summed E-state index contributed by atoms with van der Waals surface area (Å²) in [6.07, 6.45) is 7.02. The first-order valence-electron chi connectivity index (χ1n) is 9.65. The summed E-state index contributed by atoms with van der Waals surface area (Å²) in [6, 6.07) is 12.0. The molecule has 1 amide bonds. The first-order valence-corrected chi connectivity index (χ1v) is 11.3. The second-order valence-corrected chi connectivity index (χ2v) is 9.35. The number of hydrogen-bond acceptors (Lipinski definition) is 6. The van der Waals surface area contributed by atoms with Crippen molar-refractivity contribution in [3.05, 3.63) is 52.7 Å². The van der Waals surface area contributed by atoms with Gasteiger partial charge in [0.15, 0.2) is 0 Å². The number of fused-ring (bicyclic) bond motifs is 1. The van der Waals surface area contributed by atoms with E-state index in [0.717, 1.165) is 36.9 Å². The molecule has 1 atom stereocenters. The molecule has 6 nitrogen and oxygen atoms in total. The van der Waals surface area contributed by atoms with Crippen LogP contribution in [-0.2, 0) is 17.6 Å². The number of nitriles is 1. The standard InChI is InChI=1S/C21H21N5OS2/c1-14(28-21-23-13-26(25-21)15-8-4-2-5-9-15)19(27)24-20-17(12-22)16-10-6-3-7-11-18(16)29-20/h2,4-5,8-9,13-14H,3,6-7,10-11H2,1H3,(H,24,27). The fraction of sp³-hybridized carbons (Fsp3) is 0.333. The van der Waals surface area contributed by atoms with Crippen LogP contribution in [0.5, 0.6) is 0 Å². The average Bonchev–Trinajstić information content (AvgIpc) is 3.25. The molecule has 29 heavy (non-hydrogen) atoms. The van der Waals surface area contributed by atoms with E-state index in [4.69, 9.17) is 0 Å². The van der Waals surface area contributed by atoms with Crippen molar-refractivity contribution in [1.29, 1.82) is 5.26 Å². The van der Waals surface area contributed by atoms with Crippen molar-refractivity contribution < 1.29 is 4.79 Å². The molecule has 0 aliphatic heterocycles. The Kier molecular flexibility index (Phi) is 5.97. The maximum Gasteiger partial charge on any atom is 0.238 e. The fourth-order valence-electron chi connectivity index (χ4n) is 3.38. The minimum absolute atomic E-state index is 0.140. The van der Waals surface area contributed by atoms with Crippen LogP contribution in [0.3, 0.4) is 0 Å². The third-order valence-electron chi connectivity index (χ3n) is 4.91. The van der Waals surface area contributed by atoms with E-state index in [-0.39, 0.29) is 11.2 Å². The zero-order valence-corrected chi connectivity index (χ0v) is 17.7. The molecule has 2 heterocycles.